The monoisotopic (exact) mass is 298 g/mol. The molecule has 1 aliphatic rings. The second-order valence-corrected chi connectivity index (χ2v) is 5.54. The van der Waals surface area contributed by atoms with Gasteiger partial charge < -0.3 is 5.43 Å². The second-order valence-electron chi connectivity index (χ2n) is 5.11. The van der Waals surface area contributed by atoms with Gasteiger partial charge in [-0.15, -0.1) is 0 Å². The van der Waals surface area contributed by atoms with Gasteiger partial charge in [-0.2, -0.15) is 5.10 Å². The highest BCUT2D eigenvalue weighted by Crippen LogP contribution is 2.24. The van der Waals surface area contributed by atoms with Crippen LogP contribution >= 0.6 is 11.6 Å². The van der Waals surface area contributed by atoms with Crippen LogP contribution in [-0.4, -0.2) is 18.0 Å². The maximum Gasteiger partial charge on any atom is 0.209 e. The molecule has 0 fully saturated rings. The minimum absolute atomic E-state index is 0.0157. The molecule has 2 aromatic rings. The number of benzene rings is 2. The number of carbonyl (C=O) groups is 1. The number of nitrogens with one attached hydrogen (secondary N) is 1. The van der Waals surface area contributed by atoms with Gasteiger partial charge in [0, 0.05) is 17.1 Å². The standard InChI is InChI=1S/C17H15ClN2O/c1-11-4-2-3-5-14(11)17(21)16-15(10-19-20-16)12-6-8-13(18)9-7-12/h2-9,15,19H,10H2,1H3. The molecule has 0 aliphatic carbocycles. The van der Waals surface area contributed by atoms with Crippen molar-refractivity contribution >= 4 is 23.1 Å². The van der Waals surface area contributed by atoms with Gasteiger partial charge in [0.05, 0.1) is 5.92 Å². The number of Topliss-reactive ketones (excluding diaryl/α,β-unsaturated/α-hetero) is 1. The molecule has 2 aromatic carbocycles. The van der Waals surface area contributed by atoms with E-state index in [4.69, 9.17) is 11.6 Å². The fourth-order valence-corrected chi connectivity index (χ4v) is 2.67. The number of hydrazone groups is 1. The fraction of sp³-hybridized carbons (Fsp3) is 0.176. The number of hydrogen-bond acceptors (Lipinski definition) is 3. The zero-order chi connectivity index (χ0) is 14.8. The number of halogens is 1. The van der Waals surface area contributed by atoms with Crippen molar-refractivity contribution < 1.29 is 4.79 Å². The van der Waals surface area contributed by atoms with Crippen molar-refractivity contribution in [3.8, 4) is 0 Å². The molecule has 1 N–H and O–H groups in total. The van der Waals surface area contributed by atoms with E-state index in [9.17, 15) is 4.79 Å². The molecular formula is C17H15ClN2O. The molecule has 21 heavy (non-hydrogen) atoms. The zero-order valence-electron chi connectivity index (χ0n) is 11.6. The van der Waals surface area contributed by atoms with Gasteiger partial charge in [0.1, 0.15) is 5.71 Å². The lowest BCUT2D eigenvalue weighted by atomic mass is 9.89. The Labute approximate surface area is 128 Å². The van der Waals surface area contributed by atoms with Gasteiger partial charge >= 0.3 is 0 Å². The quantitative estimate of drug-likeness (QED) is 0.880. The van der Waals surface area contributed by atoms with Crippen LogP contribution in [0.15, 0.2) is 53.6 Å². The third kappa shape index (κ3) is 2.69. The lowest BCUT2D eigenvalue weighted by molar-refractivity contribution is 0.106. The van der Waals surface area contributed by atoms with Crippen LogP contribution in [-0.2, 0) is 0 Å². The number of aryl methyl sites for hydroxylation is 1. The summed E-state index contributed by atoms with van der Waals surface area (Å²) < 4.78 is 0. The molecule has 0 saturated carbocycles. The number of carbonyl (C=O) groups excluding carboxylic acids is 1. The Bertz CT molecular complexity index is 707. The summed E-state index contributed by atoms with van der Waals surface area (Å²) in [5, 5.41) is 4.91. The van der Waals surface area contributed by atoms with Crippen LogP contribution in [0.1, 0.15) is 27.4 Å². The summed E-state index contributed by atoms with van der Waals surface area (Å²) in [5.74, 6) is -0.0487. The molecule has 3 nitrogen and oxygen atoms in total. The van der Waals surface area contributed by atoms with E-state index >= 15 is 0 Å². The smallest absolute Gasteiger partial charge is 0.209 e. The van der Waals surface area contributed by atoms with Crippen LogP contribution in [0.3, 0.4) is 0 Å². The minimum Gasteiger partial charge on any atom is -0.309 e. The Morgan fingerprint density at radius 1 is 1.19 bits per heavy atom. The highest BCUT2D eigenvalue weighted by atomic mass is 35.5. The molecule has 0 amide bonds. The van der Waals surface area contributed by atoms with Crippen molar-refractivity contribution in [3.05, 3.63) is 70.2 Å². The molecule has 0 spiro atoms. The van der Waals surface area contributed by atoms with E-state index in [0.717, 1.165) is 11.1 Å². The lowest BCUT2D eigenvalue weighted by Crippen LogP contribution is -2.22. The first kappa shape index (κ1) is 13.8. The largest absolute Gasteiger partial charge is 0.309 e. The lowest BCUT2D eigenvalue weighted by Gasteiger charge is -2.12. The summed E-state index contributed by atoms with van der Waals surface area (Å²) in [6.45, 7) is 2.57. The van der Waals surface area contributed by atoms with Gasteiger partial charge in [0.25, 0.3) is 0 Å². The topological polar surface area (TPSA) is 41.5 Å². The van der Waals surface area contributed by atoms with Gasteiger partial charge in [0.15, 0.2) is 0 Å². The predicted molar refractivity (Wildman–Crippen MR) is 85.1 cm³/mol. The molecule has 0 bridgehead atoms. The predicted octanol–water partition coefficient (Wildman–Crippen LogP) is 3.57. The molecular weight excluding hydrogens is 284 g/mol. The zero-order valence-corrected chi connectivity index (χ0v) is 12.4. The average Bonchev–Trinajstić information content (AvgIpc) is 2.97. The first-order valence-corrected chi connectivity index (χ1v) is 7.21. The van der Waals surface area contributed by atoms with Crippen molar-refractivity contribution in [2.45, 2.75) is 12.8 Å². The van der Waals surface area contributed by atoms with E-state index < -0.39 is 0 Å². The molecule has 1 unspecified atom stereocenters. The van der Waals surface area contributed by atoms with Crippen molar-refractivity contribution in [1.29, 1.82) is 0 Å². The second kappa shape index (κ2) is 5.70. The fourth-order valence-electron chi connectivity index (χ4n) is 2.54. The first-order chi connectivity index (χ1) is 10.2. The summed E-state index contributed by atoms with van der Waals surface area (Å²) in [7, 11) is 0. The summed E-state index contributed by atoms with van der Waals surface area (Å²) >= 11 is 5.92. The Balaban J connectivity index is 1.92. The van der Waals surface area contributed by atoms with Crippen LogP contribution in [0.5, 0.6) is 0 Å². The first-order valence-electron chi connectivity index (χ1n) is 6.83. The van der Waals surface area contributed by atoms with E-state index in [1.165, 1.54) is 0 Å². The maximum atomic E-state index is 12.7. The molecule has 1 atom stereocenters. The summed E-state index contributed by atoms with van der Waals surface area (Å²) in [5.41, 5.74) is 6.22. The van der Waals surface area contributed by atoms with E-state index in [-0.39, 0.29) is 11.7 Å². The van der Waals surface area contributed by atoms with Gasteiger partial charge in [-0.3, -0.25) is 4.79 Å². The van der Waals surface area contributed by atoms with Gasteiger partial charge in [0.2, 0.25) is 5.78 Å². The molecule has 0 radical (unpaired) electrons. The van der Waals surface area contributed by atoms with Crippen molar-refractivity contribution in [3.63, 3.8) is 0 Å². The summed E-state index contributed by atoms with van der Waals surface area (Å²) in [6, 6.07) is 15.2. The normalized spacial score (nSPS) is 17.2. The maximum absolute atomic E-state index is 12.7. The number of ketones is 1. The van der Waals surface area contributed by atoms with Gasteiger partial charge in [-0.25, -0.2) is 0 Å². The molecule has 106 valence electrons. The van der Waals surface area contributed by atoms with Crippen LogP contribution in [0.25, 0.3) is 0 Å². The molecule has 1 aliphatic heterocycles. The summed E-state index contributed by atoms with van der Waals surface area (Å²) in [6.07, 6.45) is 0. The van der Waals surface area contributed by atoms with Crippen LogP contribution < -0.4 is 5.43 Å². The van der Waals surface area contributed by atoms with Crippen LogP contribution in [0, 0.1) is 6.92 Å². The average molecular weight is 299 g/mol. The van der Waals surface area contributed by atoms with Crippen molar-refractivity contribution in [2.75, 3.05) is 6.54 Å². The van der Waals surface area contributed by atoms with Crippen molar-refractivity contribution in [1.82, 2.24) is 5.43 Å². The van der Waals surface area contributed by atoms with E-state index in [1.807, 2.05) is 55.5 Å². The van der Waals surface area contributed by atoms with E-state index in [2.05, 4.69) is 10.5 Å². The van der Waals surface area contributed by atoms with E-state index in [1.54, 1.807) is 0 Å². The number of hydrogen-bond donors (Lipinski definition) is 1. The Morgan fingerprint density at radius 3 is 2.62 bits per heavy atom. The highest BCUT2D eigenvalue weighted by Gasteiger charge is 2.29. The highest BCUT2D eigenvalue weighted by molar-refractivity contribution is 6.48. The Hall–Kier alpha value is -2.13. The molecule has 4 heteroatoms. The number of rotatable bonds is 3. The Morgan fingerprint density at radius 2 is 1.90 bits per heavy atom. The van der Waals surface area contributed by atoms with Gasteiger partial charge in [-0.1, -0.05) is 48.0 Å². The van der Waals surface area contributed by atoms with Crippen LogP contribution in [0.2, 0.25) is 5.02 Å². The third-order valence-corrected chi connectivity index (χ3v) is 3.97. The third-order valence-electron chi connectivity index (χ3n) is 3.72. The molecule has 0 saturated heterocycles. The van der Waals surface area contributed by atoms with E-state index in [0.29, 0.717) is 22.8 Å². The van der Waals surface area contributed by atoms with Gasteiger partial charge in [-0.05, 0) is 30.2 Å². The molecule has 3 rings (SSSR count). The molecule has 1 heterocycles. The number of nitrogens with zero attached hydrogens (tertiary/aromatic N) is 1. The summed E-state index contributed by atoms with van der Waals surface area (Å²) in [4.78, 5) is 12.7. The minimum atomic E-state index is -0.0330. The Kier molecular flexibility index (Phi) is 3.76. The van der Waals surface area contributed by atoms with Crippen molar-refractivity contribution in [2.24, 2.45) is 5.10 Å². The molecule has 0 aromatic heterocycles. The van der Waals surface area contributed by atoms with Crippen LogP contribution in [0.4, 0.5) is 0 Å². The SMILES string of the molecule is Cc1ccccc1C(=O)C1=NNCC1c1ccc(Cl)cc1.